The first-order chi connectivity index (χ1) is 28.0. The number of amides is 2. The highest BCUT2D eigenvalue weighted by Gasteiger charge is 2.62. The van der Waals surface area contributed by atoms with E-state index in [2.05, 4.69) is 36.9 Å². The van der Waals surface area contributed by atoms with Gasteiger partial charge in [0.25, 0.3) is 0 Å². The summed E-state index contributed by atoms with van der Waals surface area (Å²) in [6.45, 7) is 10.3. The first-order valence-electron chi connectivity index (χ1n) is 21.2. The summed E-state index contributed by atoms with van der Waals surface area (Å²) in [6, 6.07) is 17.1. The number of allylic oxidation sites excluding steroid dienone is 2. The highest BCUT2D eigenvalue weighted by atomic mass is 32.2. The van der Waals surface area contributed by atoms with Crippen LogP contribution in [0, 0.1) is 24.2 Å². The number of hydrogen-bond donors (Lipinski definition) is 1. The van der Waals surface area contributed by atoms with E-state index in [-0.39, 0.29) is 42.4 Å². The maximum Gasteiger partial charge on any atom is 0.240 e. The molecule has 0 spiro atoms. The van der Waals surface area contributed by atoms with E-state index in [1.165, 1.54) is 0 Å². The average molecular weight is 837 g/mol. The molecule has 10 nitrogen and oxygen atoms in total. The maximum absolute atomic E-state index is 15.0. The van der Waals surface area contributed by atoms with Crippen molar-refractivity contribution in [1.29, 1.82) is 0 Å². The molecule has 5 atom stereocenters. The number of pyridine rings is 1. The van der Waals surface area contributed by atoms with Crippen molar-refractivity contribution in [2.24, 2.45) is 17.3 Å². The Morgan fingerprint density at radius 1 is 1.03 bits per heavy atom. The lowest BCUT2D eigenvalue weighted by Gasteiger charge is -2.29. The molecule has 12 heteroatoms. The lowest BCUT2D eigenvalue weighted by atomic mass is 9.90. The number of carbonyl (C=O) groups is 3. The molecule has 59 heavy (non-hydrogen) atoms. The molecule has 2 aliphatic carbocycles. The van der Waals surface area contributed by atoms with E-state index in [0.29, 0.717) is 37.9 Å². The summed E-state index contributed by atoms with van der Waals surface area (Å²) in [5.74, 6) is -1.01. The third kappa shape index (κ3) is 8.62. The number of benzene rings is 2. The minimum absolute atomic E-state index is 0.106. The molecule has 8 rings (SSSR count). The van der Waals surface area contributed by atoms with Crippen LogP contribution in [0.1, 0.15) is 108 Å². The molecule has 2 aromatic carbocycles. The van der Waals surface area contributed by atoms with E-state index < -0.39 is 44.2 Å². The number of nitrogens with one attached hydrogen (secondary N) is 1. The van der Waals surface area contributed by atoms with Gasteiger partial charge in [-0.1, -0.05) is 82.2 Å². The zero-order valence-corrected chi connectivity index (χ0v) is 36.5. The largest absolute Gasteiger partial charge is 0.488 e. The van der Waals surface area contributed by atoms with E-state index in [4.69, 9.17) is 14.7 Å². The Labute approximate surface area is 352 Å². The van der Waals surface area contributed by atoms with Gasteiger partial charge in [-0.15, -0.1) is 11.3 Å². The van der Waals surface area contributed by atoms with Crippen molar-refractivity contribution in [2.45, 2.75) is 128 Å². The van der Waals surface area contributed by atoms with Gasteiger partial charge < -0.3 is 9.64 Å². The van der Waals surface area contributed by atoms with Gasteiger partial charge in [-0.3, -0.25) is 19.1 Å². The van der Waals surface area contributed by atoms with Gasteiger partial charge in [0.1, 0.15) is 11.9 Å². The van der Waals surface area contributed by atoms with Gasteiger partial charge in [0.05, 0.1) is 44.7 Å². The molecule has 4 aromatic rings. The molecule has 4 heterocycles. The first-order valence-corrected chi connectivity index (χ1v) is 23.6. The second-order valence-corrected chi connectivity index (χ2v) is 21.9. The van der Waals surface area contributed by atoms with Crippen LogP contribution >= 0.6 is 11.3 Å². The number of carbonyl (C=O) groups excluding carboxylic acids is 3. The summed E-state index contributed by atoms with van der Waals surface area (Å²) in [7, 11) is -3.92. The third-order valence-electron chi connectivity index (χ3n) is 13.0. The van der Waals surface area contributed by atoms with Gasteiger partial charge in [-0.25, -0.2) is 18.4 Å². The zero-order valence-electron chi connectivity index (χ0n) is 34.8. The Balaban J connectivity index is 1.14. The van der Waals surface area contributed by atoms with Crippen LogP contribution in [0.2, 0.25) is 0 Å². The summed E-state index contributed by atoms with van der Waals surface area (Å²) in [5.41, 5.74) is 3.22. The van der Waals surface area contributed by atoms with E-state index >= 15 is 4.79 Å². The molecule has 4 aliphatic rings. The number of nitrogens with zero attached hydrogens (tertiary/aromatic N) is 3. The Bertz CT molecular complexity index is 2400. The number of ketones is 1. The molecule has 312 valence electrons. The molecular weight excluding hydrogens is 781 g/mol. The van der Waals surface area contributed by atoms with Gasteiger partial charge >= 0.3 is 0 Å². The van der Waals surface area contributed by atoms with E-state index in [1.807, 2.05) is 67.6 Å². The number of Topliss-reactive ketones (excluding diaryl/α,β-unsaturated/α-hetero) is 1. The van der Waals surface area contributed by atoms with E-state index in [1.54, 1.807) is 23.2 Å². The first kappa shape index (κ1) is 41.3. The van der Waals surface area contributed by atoms with Crippen LogP contribution in [0.5, 0.6) is 5.75 Å². The van der Waals surface area contributed by atoms with Crippen molar-refractivity contribution < 1.29 is 27.5 Å². The predicted octanol–water partition coefficient (Wildman–Crippen LogP) is 8.66. The van der Waals surface area contributed by atoms with Gasteiger partial charge in [0.15, 0.2) is 5.78 Å². The summed E-state index contributed by atoms with van der Waals surface area (Å²) in [4.78, 5) is 55.6. The van der Waals surface area contributed by atoms with Gasteiger partial charge in [-0.05, 0) is 76.0 Å². The minimum Gasteiger partial charge on any atom is -0.488 e. The van der Waals surface area contributed by atoms with Crippen LogP contribution < -0.4 is 9.46 Å². The second-order valence-electron chi connectivity index (χ2n) is 18.7. The monoisotopic (exact) mass is 836 g/mol. The van der Waals surface area contributed by atoms with E-state index in [0.717, 1.165) is 64.1 Å². The normalized spacial score (nSPS) is 26.6. The Morgan fingerprint density at radius 2 is 1.81 bits per heavy atom. The maximum atomic E-state index is 15.0. The molecule has 0 unspecified atom stereocenters. The van der Waals surface area contributed by atoms with Crippen LogP contribution in [0.15, 0.2) is 72.1 Å². The minimum atomic E-state index is -3.92. The van der Waals surface area contributed by atoms with Crippen molar-refractivity contribution in [2.75, 3.05) is 6.54 Å². The number of aromatic nitrogens is 2. The summed E-state index contributed by atoms with van der Waals surface area (Å²) < 4.78 is 34.9. The van der Waals surface area contributed by atoms with Crippen LogP contribution in [-0.4, -0.2) is 64.3 Å². The summed E-state index contributed by atoms with van der Waals surface area (Å²) in [6.07, 6.45) is 9.64. The molecule has 3 fully saturated rings. The fraction of sp³-hybridized carbons (Fsp3) is 0.511. The average Bonchev–Trinajstić information content (AvgIpc) is 3.97. The molecule has 1 N–H and O–H groups in total. The van der Waals surface area contributed by atoms with Crippen LogP contribution in [-0.2, 0) is 36.2 Å². The smallest absolute Gasteiger partial charge is 0.240 e. The molecular formula is C47H56N4O6S2. The fourth-order valence-electron chi connectivity index (χ4n) is 8.72. The van der Waals surface area contributed by atoms with Crippen LogP contribution in [0.25, 0.3) is 22.2 Å². The van der Waals surface area contributed by atoms with Crippen LogP contribution in [0.3, 0.4) is 0 Å². The second kappa shape index (κ2) is 15.9. The van der Waals surface area contributed by atoms with E-state index in [9.17, 15) is 18.0 Å². The highest BCUT2D eigenvalue weighted by Crippen LogP contribution is 2.57. The molecule has 2 amide bonds. The fourth-order valence-corrected chi connectivity index (χ4v) is 11.2. The van der Waals surface area contributed by atoms with Crippen molar-refractivity contribution in [1.82, 2.24) is 19.6 Å². The molecule has 2 aromatic heterocycles. The number of fused-ring (bicyclic) bond motifs is 3. The quantitative estimate of drug-likeness (QED) is 0.174. The number of aryl methyl sites for hydroxylation is 1. The Morgan fingerprint density at radius 3 is 2.54 bits per heavy atom. The molecule has 0 bridgehead atoms. The number of sulfonamides is 1. The molecule has 1 saturated heterocycles. The zero-order chi connectivity index (χ0) is 41.7. The number of rotatable bonds is 8. The Kier molecular flexibility index (Phi) is 11.1. The third-order valence-corrected chi connectivity index (χ3v) is 16.0. The van der Waals surface area contributed by atoms with Crippen molar-refractivity contribution in [3.8, 4) is 17.0 Å². The van der Waals surface area contributed by atoms with Gasteiger partial charge in [0.2, 0.25) is 21.8 Å². The predicted molar refractivity (Wildman–Crippen MR) is 232 cm³/mol. The number of hydrogen-bond acceptors (Lipinski definition) is 9. The number of thiazole rings is 1. The van der Waals surface area contributed by atoms with Gasteiger partial charge in [-0.2, -0.15) is 0 Å². The van der Waals surface area contributed by atoms with Crippen LogP contribution in [0.4, 0.5) is 0 Å². The lowest BCUT2D eigenvalue weighted by molar-refractivity contribution is -0.142. The molecule has 2 saturated carbocycles. The highest BCUT2D eigenvalue weighted by molar-refractivity contribution is 7.91. The molecule has 2 aliphatic heterocycles. The van der Waals surface area contributed by atoms with Crippen molar-refractivity contribution >= 4 is 49.9 Å². The SMILES string of the molecule is Cc1ccc2c(O[C@@H]3C[C@H]4C(=O)C[C@]5(C(=O)NS(=O)(=O)C6(C)CC6)C[C@@H]5/C=C\CCCCC[C@H](Cc5nc(C(C)(C)C)cs5)C(=O)N4C3)cc(-c3ccccc3)nc2c1. The van der Waals surface area contributed by atoms with Crippen molar-refractivity contribution in [3.05, 3.63) is 88.4 Å². The molecule has 0 radical (unpaired) electrons. The Hall–Kier alpha value is -4.42. The number of ether oxygens (including phenoxy) is 1. The summed E-state index contributed by atoms with van der Waals surface area (Å²) in [5, 5.41) is 3.82. The van der Waals surface area contributed by atoms with Gasteiger partial charge in [0, 0.05) is 53.0 Å². The summed E-state index contributed by atoms with van der Waals surface area (Å²) >= 11 is 1.58. The van der Waals surface area contributed by atoms with Crippen molar-refractivity contribution in [3.63, 3.8) is 0 Å². The lowest BCUT2D eigenvalue weighted by Crippen LogP contribution is -2.47. The topological polar surface area (TPSA) is 136 Å². The standard InChI is InChI=1S/C47H56N4O6S2/c1-30-18-19-35-37(22-30)48-36(31-14-11-9-12-15-31)25-40(35)57-34-24-38-39(52)27-47(44(54)50-59(55,56)46(5)20-21-46)26-33(47)17-13-8-6-7-10-16-32(43(53)51(38)28-34)23-42-49-41(29-58-42)45(2,3)4/h9,11-15,17-19,22,25,29,32-34,38H,6-8,10,16,20-21,23-24,26-28H2,1-5H3,(H,50,54)/b17-13-/t32-,33+,34-,38+,47-/m1/s1.